The number of methoxy groups -OCH3 is 1. The molecule has 0 spiro atoms. The Hall–Kier alpha value is -3.80. The predicted octanol–water partition coefficient (Wildman–Crippen LogP) is 4.31. The van der Waals surface area contributed by atoms with E-state index in [0.29, 0.717) is 29.3 Å². The topological polar surface area (TPSA) is 67.9 Å². The summed E-state index contributed by atoms with van der Waals surface area (Å²) in [5.74, 6) is 0.875. The Kier molecular flexibility index (Phi) is 6.17. The molecule has 0 bridgehead atoms. The average Bonchev–Trinajstić information content (AvgIpc) is 2.82. The molecule has 0 fully saturated rings. The molecule has 4 rings (SSSR count). The molecule has 0 unspecified atom stereocenters. The van der Waals surface area contributed by atoms with Crippen molar-refractivity contribution >= 4 is 23.2 Å². The Morgan fingerprint density at radius 2 is 1.77 bits per heavy atom. The number of nitrogens with zero attached hydrogens (tertiary/aromatic N) is 1. The number of ether oxygens (including phenoxy) is 2. The zero-order chi connectivity index (χ0) is 21.6. The van der Waals surface area contributed by atoms with Gasteiger partial charge in [0, 0.05) is 29.5 Å². The van der Waals surface area contributed by atoms with Crippen LogP contribution in [-0.2, 0) is 11.2 Å². The fourth-order valence-electron chi connectivity index (χ4n) is 3.64. The molecule has 0 saturated heterocycles. The molecule has 0 atom stereocenters. The van der Waals surface area contributed by atoms with Crippen LogP contribution in [0.2, 0.25) is 0 Å². The van der Waals surface area contributed by atoms with Gasteiger partial charge >= 0.3 is 0 Å². The standard InChI is InChI=1S/C25H24N2O4/c1-30-22-9-4-8-20(16-22)26-24(28)17-31-21-13-11-19(12-14-21)25(29)27-15-5-7-18-6-2-3-10-23(18)27/h2-4,6,8-14,16H,5,7,15,17H2,1H3,(H,26,28). The summed E-state index contributed by atoms with van der Waals surface area (Å²) in [6, 6.07) is 22.0. The number of carbonyl (C=O) groups is 2. The van der Waals surface area contributed by atoms with Crippen LogP contribution in [0.5, 0.6) is 11.5 Å². The van der Waals surface area contributed by atoms with Gasteiger partial charge in [0.25, 0.3) is 11.8 Å². The molecule has 1 heterocycles. The van der Waals surface area contributed by atoms with Crippen molar-refractivity contribution in [2.75, 3.05) is 30.5 Å². The van der Waals surface area contributed by atoms with Gasteiger partial charge in [0.15, 0.2) is 6.61 Å². The minimum absolute atomic E-state index is 0.0329. The zero-order valence-corrected chi connectivity index (χ0v) is 17.3. The van der Waals surface area contributed by atoms with Crippen molar-refractivity contribution in [3.05, 3.63) is 83.9 Å². The Morgan fingerprint density at radius 1 is 0.968 bits per heavy atom. The molecule has 3 aromatic rings. The van der Waals surface area contributed by atoms with Crippen molar-refractivity contribution in [1.82, 2.24) is 0 Å². The molecule has 2 amide bonds. The lowest BCUT2D eigenvalue weighted by Crippen LogP contribution is -2.35. The Labute approximate surface area is 181 Å². The molecule has 0 saturated carbocycles. The highest BCUT2D eigenvalue weighted by atomic mass is 16.5. The smallest absolute Gasteiger partial charge is 0.262 e. The summed E-state index contributed by atoms with van der Waals surface area (Å²) in [6.07, 6.45) is 1.94. The maximum atomic E-state index is 13.0. The van der Waals surface area contributed by atoms with E-state index in [1.807, 2.05) is 23.1 Å². The first-order valence-corrected chi connectivity index (χ1v) is 10.2. The lowest BCUT2D eigenvalue weighted by Gasteiger charge is -2.29. The van der Waals surface area contributed by atoms with Gasteiger partial charge < -0.3 is 19.7 Å². The Morgan fingerprint density at radius 3 is 2.58 bits per heavy atom. The number of benzene rings is 3. The minimum Gasteiger partial charge on any atom is -0.497 e. The fraction of sp³-hybridized carbons (Fsp3) is 0.200. The highest BCUT2D eigenvalue weighted by Gasteiger charge is 2.23. The van der Waals surface area contributed by atoms with Gasteiger partial charge in [0.05, 0.1) is 7.11 Å². The number of para-hydroxylation sites is 1. The van der Waals surface area contributed by atoms with Crippen LogP contribution in [0.3, 0.4) is 0 Å². The normalized spacial score (nSPS) is 12.6. The average molecular weight is 416 g/mol. The lowest BCUT2D eigenvalue weighted by molar-refractivity contribution is -0.118. The third-order valence-corrected chi connectivity index (χ3v) is 5.18. The van der Waals surface area contributed by atoms with Gasteiger partial charge in [0.1, 0.15) is 11.5 Å². The van der Waals surface area contributed by atoms with Crippen LogP contribution in [0.15, 0.2) is 72.8 Å². The number of aryl methyl sites for hydroxylation is 1. The summed E-state index contributed by atoms with van der Waals surface area (Å²) in [5.41, 5.74) is 3.40. The molecule has 158 valence electrons. The SMILES string of the molecule is COc1cccc(NC(=O)COc2ccc(C(=O)N3CCCc4ccccc43)cc2)c1. The number of amides is 2. The highest BCUT2D eigenvalue weighted by Crippen LogP contribution is 2.28. The first-order chi connectivity index (χ1) is 15.1. The van der Waals surface area contributed by atoms with E-state index in [2.05, 4.69) is 11.4 Å². The number of nitrogens with one attached hydrogen (secondary N) is 1. The van der Waals surface area contributed by atoms with E-state index in [1.54, 1.807) is 55.6 Å². The molecule has 6 nitrogen and oxygen atoms in total. The number of anilines is 2. The maximum absolute atomic E-state index is 13.0. The molecule has 6 heteroatoms. The first-order valence-electron chi connectivity index (χ1n) is 10.2. The summed E-state index contributed by atoms with van der Waals surface area (Å²) in [6.45, 7) is 0.572. The zero-order valence-electron chi connectivity index (χ0n) is 17.3. The van der Waals surface area contributed by atoms with Crippen LogP contribution in [0.1, 0.15) is 22.3 Å². The largest absolute Gasteiger partial charge is 0.497 e. The van der Waals surface area contributed by atoms with E-state index in [9.17, 15) is 9.59 Å². The summed E-state index contributed by atoms with van der Waals surface area (Å²) in [7, 11) is 1.57. The van der Waals surface area contributed by atoms with Gasteiger partial charge in [-0.15, -0.1) is 0 Å². The molecule has 31 heavy (non-hydrogen) atoms. The second kappa shape index (κ2) is 9.34. The van der Waals surface area contributed by atoms with Crippen molar-refractivity contribution in [2.24, 2.45) is 0 Å². The predicted molar refractivity (Wildman–Crippen MR) is 120 cm³/mol. The van der Waals surface area contributed by atoms with E-state index in [0.717, 1.165) is 18.5 Å². The molecular formula is C25H24N2O4. The Bertz CT molecular complexity index is 1080. The highest BCUT2D eigenvalue weighted by molar-refractivity contribution is 6.06. The van der Waals surface area contributed by atoms with E-state index < -0.39 is 0 Å². The van der Waals surface area contributed by atoms with Gasteiger partial charge in [0.2, 0.25) is 0 Å². The molecule has 1 aliphatic rings. The number of fused-ring (bicyclic) bond motifs is 1. The summed E-state index contributed by atoms with van der Waals surface area (Å²) >= 11 is 0. The first kappa shape index (κ1) is 20.5. The van der Waals surface area contributed by atoms with Crippen molar-refractivity contribution in [2.45, 2.75) is 12.8 Å². The van der Waals surface area contributed by atoms with E-state index in [1.165, 1.54) is 5.56 Å². The van der Waals surface area contributed by atoms with Gasteiger partial charge in [-0.2, -0.15) is 0 Å². The molecule has 1 aliphatic heterocycles. The quantitative estimate of drug-likeness (QED) is 0.650. The van der Waals surface area contributed by atoms with Crippen molar-refractivity contribution < 1.29 is 19.1 Å². The maximum Gasteiger partial charge on any atom is 0.262 e. The van der Waals surface area contributed by atoms with Gasteiger partial charge in [-0.1, -0.05) is 24.3 Å². The van der Waals surface area contributed by atoms with E-state index in [4.69, 9.17) is 9.47 Å². The van der Waals surface area contributed by atoms with Crippen LogP contribution in [0.25, 0.3) is 0 Å². The molecule has 1 N–H and O–H groups in total. The monoisotopic (exact) mass is 416 g/mol. The van der Waals surface area contributed by atoms with Crippen molar-refractivity contribution in [3.8, 4) is 11.5 Å². The number of carbonyl (C=O) groups excluding carboxylic acids is 2. The molecule has 3 aromatic carbocycles. The van der Waals surface area contributed by atoms with Gasteiger partial charge in [-0.3, -0.25) is 9.59 Å². The minimum atomic E-state index is -0.279. The van der Waals surface area contributed by atoms with Crippen LogP contribution in [-0.4, -0.2) is 32.1 Å². The lowest BCUT2D eigenvalue weighted by atomic mass is 10.0. The van der Waals surface area contributed by atoms with Crippen LogP contribution in [0, 0.1) is 0 Å². The second-order valence-corrected chi connectivity index (χ2v) is 7.28. The van der Waals surface area contributed by atoms with Gasteiger partial charge in [-0.05, 0) is 60.9 Å². The number of hydrogen-bond acceptors (Lipinski definition) is 4. The second-order valence-electron chi connectivity index (χ2n) is 7.28. The Balaban J connectivity index is 1.35. The molecule has 0 aromatic heterocycles. The summed E-state index contributed by atoms with van der Waals surface area (Å²) in [5, 5.41) is 2.76. The molecule has 0 radical (unpaired) electrons. The summed E-state index contributed by atoms with van der Waals surface area (Å²) in [4.78, 5) is 27.0. The third kappa shape index (κ3) is 4.86. The van der Waals surface area contributed by atoms with Crippen LogP contribution < -0.4 is 19.7 Å². The molecule has 0 aliphatic carbocycles. The molecular weight excluding hydrogens is 392 g/mol. The number of rotatable bonds is 6. The van der Waals surface area contributed by atoms with Crippen molar-refractivity contribution in [3.63, 3.8) is 0 Å². The number of hydrogen-bond donors (Lipinski definition) is 1. The fourth-order valence-corrected chi connectivity index (χ4v) is 3.64. The van der Waals surface area contributed by atoms with Crippen molar-refractivity contribution in [1.29, 1.82) is 0 Å². The van der Waals surface area contributed by atoms with Crippen LogP contribution >= 0.6 is 0 Å². The van der Waals surface area contributed by atoms with Crippen LogP contribution in [0.4, 0.5) is 11.4 Å². The van der Waals surface area contributed by atoms with E-state index >= 15 is 0 Å². The third-order valence-electron chi connectivity index (χ3n) is 5.18. The van der Waals surface area contributed by atoms with E-state index in [-0.39, 0.29) is 18.4 Å². The summed E-state index contributed by atoms with van der Waals surface area (Å²) < 4.78 is 10.7. The van der Waals surface area contributed by atoms with Gasteiger partial charge in [-0.25, -0.2) is 0 Å².